The first-order chi connectivity index (χ1) is 14.0. The number of amides is 2. The number of hydrogen-bond acceptors (Lipinski definition) is 3. The molecule has 2 amide bonds. The molecule has 0 bridgehead atoms. The van der Waals surface area contributed by atoms with Gasteiger partial charge in [0.05, 0.1) is 12.5 Å². The summed E-state index contributed by atoms with van der Waals surface area (Å²) in [5, 5.41) is 4.42. The molecule has 1 aromatic heterocycles. The van der Waals surface area contributed by atoms with E-state index in [9.17, 15) is 9.59 Å². The number of thiocarbonyl (C=S) groups is 1. The van der Waals surface area contributed by atoms with Gasteiger partial charge in [-0.2, -0.15) is 0 Å². The van der Waals surface area contributed by atoms with Crippen molar-refractivity contribution >= 4 is 45.7 Å². The van der Waals surface area contributed by atoms with Gasteiger partial charge in [0.25, 0.3) is 5.91 Å². The molecule has 1 aliphatic rings. The molecule has 2 atom stereocenters. The third kappa shape index (κ3) is 3.61. The Hall–Kier alpha value is -3.19. The fraction of sp³-hybridized carbons (Fsp3) is 0.227. The number of nitrogens with zero attached hydrogens (tertiary/aromatic N) is 2. The number of anilines is 1. The summed E-state index contributed by atoms with van der Waals surface area (Å²) in [4.78, 5) is 32.0. The molecule has 3 aromatic rings. The standard InChI is InChI=1S/C22H22N4O2S/c1-14(15-6-4-3-5-7-15)26-19(21(28)25(2)22(26)29)13-20(27)24-17-9-8-16-10-11-23-18(16)12-17/h3-12,14,19,23H,13H2,1-2H3,(H,24,27). The molecule has 4 rings (SSSR count). The second kappa shape index (κ2) is 7.67. The number of aromatic nitrogens is 1. The zero-order valence-electron chi connectivity index (χ0n) is 16.3. The van der Waals surface area contributed by atoms with Crippen LogP contribution in [0.3, 0.4) is 0 Å². The second-order valence-corrected chi connectivity index (χ2v) is 7.59. The van der Waals surface area contributed by atoms with Crippen molar-refractivity contribution in [1.82, 2.24) is 14.8 Å². The van der Waals surface area contributed by atoms with Crippen LogP contribution >= 0.6 is 12.2 Å². The Morgan fingerprint density at radius 3 is 2.72 bits per heavy atom. The van der Waals surface area contributed by atoms with Crippen LogP contribution in [0.15, 0.2) is 60.8 Å². The topological polar surface area (TPSA) is 68.4 Å². The van der Waals surface area contributed by atoms with Crippen molar-refractivity contribution in [3.8, 4) is 0 Å². The van der Waals surface area contributed by atoms with Crippen molar-refractivity contribution in [2.45, 2.75) is 25.4 Å². The Bertz CT molecular complexity index is 1080. The van der Waals surface area contributed by atoms with E-state index in [0.717, 1.165) is 16.5 Å². The number of hydrogen-bond donors (Lipinski definition) is 2. The maximum atomic E-state index is 12.8. The summed E-state index contributed by atoms with van der Waals surface area (Å²) in [5.41, 5.74) is 2.68. The summed E-state index contributed by atoms with van der Waals surface area (Å²) in [6.07, 6.45) is 1.89. The number of carbonyl (C=O) groups is 2. The number of benzene rings is 2. The van der Waals surface area contributed by atoms with Gasteiger partial charge in [-0.05, 0) is 48.3 Å². The minimum absolute atomic E-state index is 0.0310. The number of H-pyrrole nitrogens is 1. The zero-order chi connectivity index (χ0) is 20.5. The molecule has 2 unspecified atom stereocenters. The first-order valence-electron chi connectivity index (χ1n) is 9.47. The van der Waals surface area contributed by atoms with Gasteiger partial charge in [0, 0.05) is 24.4 Å². The lowest BCUT2D eigenvalue weighted by Crippen LogP contribution is -2.39. The van der Waals surface area contributed by atoms with Gasteiger partial charge in [0.15, 0.2) is 5.11 Å². The number of likely N-dealkylation sites (N-methyl/N-ethyl adjacent to an activating group) is 1. The molecule has 29 heavy (non-hydrogen) atoms. The Balaban J connectivity index is 1.53. The van der Waals surface area contributed by atoms with Gasteiger partial charge in [-0.15, -0.1) is 0 Å². The molecule has 0 spiro atoms. The molecule has 0 aliphatic carbocycles. The largest absolute Gasteiger partial charge is 0.361 e. The van der Waals surface area contributed by atoms with Crippen LogP contribution in [0.4, 0.5) is 5.69 Å². The van der Waals surface area contributed by atoms with E-state index in [2.05, 4.69) is 10.3 Å². The molecule has 1 saturated heterocycles. The van der Waals surface area contributed by atoms with Gasteiger partial charge in [0.2, 0.25) is 5.91 Å². The van der Waals surface area contributed by atoms with Crippen LogP contribution in [0.5, 0.6) is 0 Å². The lowest BCUT2D eigenvalue weighted by molar-refractivity contribution is -0.130. The highest BCUT2D eigenvalue weighted by Crippen LogP contribution is 2.30. The number of carbonyl (C=O) groups excluding carboxylic acids is 2. The van der Waals surface area contributed by atoms with Crippen LogP contribution < -0.4 is 5.32 Å². The van der Waals surface area contributed by atoms with Gasteiger partial charge in [-0.1, -0.05) is 36.4 Å². The van der Waals surface area contributed by atoms with Gasteiger partial charge in [0.1, 0.15) is 6.04 Å². The summed E-state index contributed by atoms with van der Waals surface area (Å²) < 4.78 is 0. The average molecular weight is 407 g/mol. The number of nitrogens with one attached hydrogen (secondary N) is 2. The molecule has 2 heterocycles. The van der Waals surface area contributed by atoms with Crippen LogP contribution in [-0.4, -0.2) is 44.8 Å². The van der Waals surface area contributed by atoms with E-state index in [1.54, 1.807) is 7.05 Å². The summed E-state index contributed by atoms with van der Waals surface area (Å²) in [7, 11) is 1.66. The molecule has 0 radical (unpaired) electrons. The summed E-state index contributed by atoms with van der Waals surface area (Å²) in [6.45, 7) is 2.00. The highest BCUT2D eigenvalue weighted by molar-refractivity contribution is 7.80. The first-order valence-corrected chi connectivity index (χ1v) is 9.88. The van der Waals surface area contributed by atoms with E-state index in [4.69, 9.17) is 12.2 Å². The lowest BCUT2D eigenvalue weighted by Gasteiger charge is -2.30. The number of rotatable bonds is 5. The van der Waals surface area contributed by atoms with E-state index in [0.29, 0.717) is 10.8 Å². The fourth-order valence-electron chi connectivity index (χ4n) is 3.77. The molecule has 7 heteroatoms. The van der Waals surface area contributed by atoms with E-state index in [1.165, 1.54) is 4.90 Å². The van der Waals surface area contributed by atoms with Crippen LogP contribution in [0.2, 0.25) is 0 Å². The van der Waals surface area contributed by atoms with E-state index in [-0.39, 0.29) is 24.3 Å². The molecule has 0 saturated carbocycles. The Morgan fingerprint density at radius 1 is 1.21 bits per heavy atom. The average Bonchev–Trinajstić information content (AvgIpc) is 3.27. The third-order valence-electron chi connectivity index (χ3n) is 5.38. The fourth-order valence-corrected chi connectivity index (χ4v) is 4.15. The quantitative estimate of drug-likeness (QED) is 0.634. The van der Waals surface area contributed by atoms with Crippen molar-refractivity contribution in [1.29, 1.82) is 0 Å². The lowest BCUT2D eigenvalue weighted by atomic mass is 10.0. The minimum Gasteiger partial charge on any atom is -0.361 e. The molecular formula is C22H22N4O2S. The molecule has 2 aromatic carbocycles. The van der Waals surface area contributed by atoms with Crippen molar-refractivity contribution < 1.29 is 9.59 Å². The maximum Gasteiger partial charge on any atom is 0.251 e. The molecule has 148 valence electrons. The number of aromatic amines is 1. The maximum absolute atomic E-state index is 12.8. The monoisotopic (exact) mass is 406 g/mol. The van der Waals surface area contributed by atoms with Crippen molar-refractivity contribution in [2.24, 2.45) is 0 Å². The van der Waals surface area contributed by atoms with Crippen LogP contribution in [0.1, 0.15) is 24.9 Å². The molecular weight excluding hydrogens is 384 g/mol. The summed E-state index contributed by atoms with van der Waals surface area (Å²) in [5.74, 6) is -0.384. The van der Waals surface area contributed by atoms with E-state index < -0.39 is 6.04 Å². The molecule has 2 N–H and O–H groups in total. The summed E-state index contributed by atoms with van der Waals surface area (Å²) in [6, 6.07) is 16.7. The van der Waals surface area contributed by atoms with Crippen LogP contribution in [0, 0.1) is 0 Å². The highest BCUT2D eigenvalue weighted by atomic mass is 32.1. The van der Waals surface area contributed by atoms with Crippen molar-refractivity contribution in [3.63, 3.8) is 0 Å². The van der Waals surface area contributed by atoms with Gasteiger partial charge < -0.3 is 15.2 Å². The predicted octanol–water partition coefficient (Wildman–Crippen LogP) is 3.69. The summed E-state index contributed by atoms with van der Waals surface area (Å²) >= 11 is 5.51. The van der Waals surface area contributed by atoms with Gasteiger partial charge in [-0.3, -0.25) is 14.5 Å². The van der Waals surface area contributed by atoms with Crippen molar-refractivity contribution in [3.05, 3.63) is 66.4 Å². The highest BCUT2D eigenvalue weighted by Gasteiger charge is 2.43. The SMILES string of the molecule is CC(c1ccccc1)N1C(=S)N(C)C(=O)C1CC(=O)Nc1ccc2cc[nH]c2c1. The first kappa shape index (κ1) is 19.1. The molecule has 1 aliphatic heterocycles. The van der Waals surface area contributed by atoms with Gasteiger partial charge in [-0.25, -0.2) is 0 Å². The van der Waals surface area contributed by atoms with Crippen molar-refractivity contribution in [2.75, 3.05) is 12.4 Å². The zero-order valence-corrected chi connectivity index (χ0v) is 17.1. The Labute approximate surface area is 174 Å². The Kier molecular flexibility index (Phi) is 5.07. The normalized spacial score (nSPS) is 17.8. The van der Waals surface area contributed by atoms with Crippen LogP contribution in [0.25, 0.3) is 10.9 Å². The van der Waals surface area contributed by atoms with E-state index >= 15 is 0 Å². The number of fused-ring (bicyclic) bond motifs is 1. The Morgan fingerprint density at radius 2 is 1.97 bits per heavy atom. The smallest absolute Gasteiger partial charge is 0.251 e. The van der Waals surface area contributed by atoms with Gasteiger partial charge >= 0.3 is 0 Å². The van der Waals surface area contributed by atoms with Crippen LogP contribution in [-0.2, 0) is 9.59 Å². The molecule has 6 nitrogen and oxygen atoms in total. The third-order valence-corrected chi connectivity index (χ3v) is 5.86. The van der Waals surface area contributed by atoms with E-state index in [1.807, 2.05) is 72.6 Å². The minimum atomic E-state index is -0.628. The second-order valence-electron chi connectivity index (χ2n) is 7.22. The predicted molar refractivity (Wildman–Crippen MR) is 117 cm³/mol. The molecule has 1 fully saturated rings.